The molecule has 28 heavy (non-hydrogen) atoms. The van der Waals surface area contributed by atoms with Crippen molar-refractivity contribution in [1.29, 1.82) is 0 Å². The molecule has 0 atom stereocenters. The zero-order valence-corrected chi connectivity index (χ0v) is 16.2. The van der Waals surface area contributed by atoms with E-state index in [9.17, 15) is 4.79 Å². The van der Waals surface area contributed by atoms with Gasteiger partial charge in [0.1, 0.15) is 5.82 Å². The van der Waals surface area contributed by atoms with Gasteiger partial charge in [0.15, 0.2) is 18.1 Å². The van der Waals surface area contributed by atoms with E-state index < -0.39 is 0 Å². The highest BCUT2D eigenvalue weighted by Gasteiger charge is 2.08. The zero-order valence-electron chi connectivity index (χ0n) is 16.2. The number of carbonyl (C=O) groups is 1. The summed E-state index contributed by atoms with van der Waals surface area (Å²) in [5.74, 6) is 1.25. The number of methoxy groups -OCH3 is 1. The Bertz CT molecular complexity index is 955. The van der Waals surface area contributed by atoms with Crippen molar-refractivity contribution in [1.82, 2.24) is 4.98 Å². The predicted molar refractivity (Wildman–Crippen MR) is 111 cm³/mol. The Morgan fingerprint density at radius 3 is 2.54 bits per heavy atom. The van der Waals surface area contributed by atoms with Crippen LogP contribution in [0.1, 0.15) is 11.1 Å². The molecule has 144 valence electrons. The smallest absolute Gasteiger partial charge is 0.263 e. The van der Waals surface area contributed by atoms with Crippen molar-refractivity contribution >= 4 is 23.1 Å². The Hall–Kier alpha value is -3.54. The molecule has 6 heteroatoms. The maximum absolute atomic E-state index is 12.1. The second kappa shape index (κ2) is 8.90. The lowest BCUT2D eigenvalue weighted by Crippen LogP contribution is -2.20. The summed E-state index contributed by atoms with van der Waals surface area (Å²) < 4.78 is 10.7. The summed E-state index contributed by atoms with van der Waals surface area (Å²) >= 11 is 0. The Morgan fingerprint density at radius 2 is 1.82 bits per heavy atom. The number of hydrogen-bond acceptors (Lipinski definition) is 5. The maximum Gasteiger partial charge on any atom is 0.263 e. The Labute approximate surface area is 164 Å². The number of nitrogens with zero attached hydrogens (tertiary/aromatic N) is 1. The van der Waals surface area contributed by atoms with Gasteiger partial charge in [-0.2, -0.15) is 0 Å². The van der Waals surface area contributed by atoms with Gasteiger partial charge in [0.25, 0.3) is 5.91 Å². The van der Waals surface area contributed by atoms with Crippen LogP contribution in [0.5, 0.6) is 11.5 Å². The second-order valence-corrected chi connectivity index (χ2v) is 6.36. The summed E-state index contributed by atoms with van der Waals surface area (Å²) in [7, 11) is 1.56. The normalized spacial score (nSPS) is 10.2. The van der Waals surface area contributed by atoms with E-state index in [0.29, 0.717) is 17.3 Å². The first-order valence-corrected chi connectivity index (χ1v) is 8.91. The quantitative estimate of drug-likeness (QED) is 0.636. The molecule has 2 N–H and O–H groups in total. The monoisotopic (exact) mass is 377 g/mol. The third kappa shape index (κ3) is 5.01. The third-order valence-electron chi connectivity index (χ3n) is 4.13. The predicted octanol–water partition coefficient (Wildman–Crippen LogP) is 4.47. The lowest BCUT2D eigenvalue weighted by Gasteiger charge is -2.12. The Kier molecular flexibility index (Phi) is 6.11. The molecule has 0 bridgehead atoms. The number of rotatable bonds is 7. The number of ether oxygens (including phenoxy) is 2. The summed E-state index contributed by atoms with van der Waals surface area (Å²) in [5, 5.41) is 6.06. The van der Waals surface area contributed by atoms with Crippen LogP contribution < -0.4 is 20.1 Å². The SMILES string of the molecule is COc1ccccc1OCC(=O)Nc1ccc(Nc2cc(C)ccc2C)cn1. The Morgan fingerprint density at radius 1 is 1.04 bits per heavy atom. The van der Waals surface area contributed by atoms with Crippen molar-refractivity contribution in [2.45, 2.75) is 13.8 Å². The topological polar surface area (TPSA) is 72.5 Å². The number of aryl methyl sites for hydroxylation is 2. The highest BCUT2D eigenvalue weighted by Crippen LogP contribution is 2.25. The minimum absolute atomic E-state index is 0.134. The molecule has 6 nitrogen and oxygen atoms in total. The van der Waals surface area contributed by atoms with Crippen LogP contribution in [-0.2, 0) is 4.79 Å². The number of carbonyl (C=O) groups excluding carboxylic acids is 1. The van der Waals surface area contributed by atoms with Gasteiger partial charge in [0, 0.05) is 5.69 Å². The van der Waals surface area contributed by atoms with Crippen LogP contribution in [0.2, 0.25) is 0 Å². The number of aromatic nitrogens is 1. The van der Waals surface area contributed by atoms with Gasteiger partial charge >= 0.3 is 0 Å². The average molecular weight is 377 g/mol. The van der Waals surface area contributed by atoms with Gasteiger partial charge in [-0.05, 0) is 55.3 Å². The molecule has 0 saturated carbocycles. The van der Waals surface area contributed by atoms with Gasteiger partial charge in [0.05, 0.1) is 19.0 Å². The fraction of sp³-hybridized carbons (Fsp3) is 0.182. The van der Waals surface area contributed by atoms with Crippen LogP contribution in [0.25, 0.3) is 0 Å². The minimum atomic E-state index is -0.298. The summed E-state index contributed by atoms with van der Waals surface area (Å²) in [5.41, 5.74) is 4.21. The molecule has 0 aliphatic heterocycles. The average Bonchev–Trinajstić information content (AvgIpc) is 2.71. The lowest BCUT2D eigenvalue weighted by molar-refractivity contribution is -0.118. The van der Waals surface area contributed by atoms with Crippen LogP contribution >= 0.6 is 0 Å². The zero-order chi connectivity index (χ0) is 19.9. The standard InChI is InChI=1S/C22H23N3O3/c1-15-8-9-16(2)18(12-15)24-17-10-11-21(23-13-17)25-22(26)14-28-20-7-5-4-6-19(20)27-3/h4-13,24H,14H2,1-3H3,(H,23,25,26). The van der Waals surface area contributed by atoms with Crippen LogP contribution in [-0.4, -0.2) is 24.6 Å². The van der Waals surface area contributed by atoms with Crippen LogP contribution in [0, 0.1) is 13.8 Å². The molecule has 0 aliphatic rings. The van der Waals surface area contributed by atoms with Gasteiger partial charge < -0.3 is 20.1 Å². The van der Waals surface area contributed by atoms with E-state index in [-0.39, 0.29) is 12.5 Å². The summed E-state index contributed by atoms with van der Waals surface area (Å²) in [6.07, 6.45) is 1.68. The summed E-state index contributed by atoms with van der Waals surface area (Å²) in [6.45, 7) is 3.96. The van der Waals surface area contributed by atoms with Crippen molar-refractivity contribution in [3.63, 3.8) is 0 Å². The van der Waals surface area contributed by atoms with E-state index in [2.05, 4.69) is 40.7 Å². The number of para-hydroxylation sites is 2. The van der Waals surface area contributed by atoms with Gasteiger partial charge in [-0.1, -0.05) is 24.3 Å². The van der Waals surface area contributed by atoms with Gasteiger partial charge in [0.2, 0.25) is 0 Å². The first kappa shape index (κ1) is 19.2. The molecule has 0 spiro atoms. The van der Waals surface area contributed by atoms with Gasteiger partial charge in [-0.15, -0.1) is 0 Å². The minimum Gasteiger partial charge on any atom is -0.493 e. The van der Waals surface area contributed by atoms with Crippen molar-refractivity contribution < 1.29 is 14.3 Å². The molecule has 0 fully saturated rings. The molecule has 1 amide bonds. The van der Waals surface area contributed by atoms with Crippen LogP contribution in [0.4, 0.5) is 17.2 Å². The van der Waals surface area contributed by atoms with Crippen LogP contribution in [0.15, 0.2) is 60.8 Å². The van der Waals surface area contributed by atoms with Crippen molar-refractivity contribution in [2.24, 2.45) is 0 Å². The first-order valence-electron chi connectivity index (χ1n) is 8.91. The summed E-state index contributed by atoms with van der Waals surface area (Å²) in [6, 6.07) is 17.0. The third-order valence-corrected chi connectivity index (χ3v) is 4.13. The van der Waals surface area contributed by atoms with Crippen LogP contribution in [0.3, 0.4) is 0 Å². The number of anilines is 3. The Balaban J connectivity index is 1.56. The van der Waals surface area contributed by atoms with E-state index in [4.69, 9.17) is 9.47 Å². The number of nitrogens with one attached hydrogen (secondary N) is 2. The molecule has 0 saturated heterocycles. The fourth-order valence-electron chi connectivity index (χ4n) is 2.63. The fourth-order valence-corrected chi connectivity index (χ4v) is 2.63. The lowest BCUT2D eigenvalue weighted by atomic mass is 10.1. The van der Waals surface area contributed by atoms with E-state index in [1.807, 2.05) is 25.1 Å². The number of hydrogen-bond donors (Lipinski definition) is 2. The molecule has 3 aromatic rings. The van der Waals surface area contributed by atoms with Crippen molar-refractivity contribution in [3.8, 4) is 11.5 Å². The van der Waals surface area contributed by atoms with Gasteiger partial charge in [-0.25, -0.2) is 4.98 Å². The van der Waals surface area contributed by atoms with Crippen molar-refractivity contribution in [3.05, 3.63) is 71.9 Å². The molecule has 1 aromatic heterocycles. The molecule has 2 aromatic carbocycles. The molecular weight excluding hydrogens is 354 g/mol. The molecule has 0 radical (unpaired) electrons. The summed E-state index contributed by atoms with van der Waals surface area (Å²) in [4.78, 5) is 16.4. The largest absolute Gasteiger partial charge is 0.493 e. The van der Waals surface area contributed by atoms with Gasteiger partial charge in [-0.3, -0.25) is 4.79 Å². The second-order valence-electron chi connectivity index (χ2n) is 6.36. The molecule has 0 aliphatic carbocycles. The highest BCUT2D eigenvalue weighted by atomic mass is 16.5. The number of amides is 1. The highest BCUT2D eigenvalue weighted by molar-refractivity contribution is 5.91. The molecule has 0 unspecified atom stereocenters. The number of benzene rings is 2. The molecular formula is C22H23N3O3. The first-order chi connectivity index (χ1) is 13.5. The van der Waals surface area contributed by atoms with E-state index in [1.165, 1.54) is 5.56 Å². The van der Waals surface area contributed by atoms with E-state index in [1.54, 1.807) is 31.5 Å². The maximum atomic E-state index is 12.1. The number of pyridine rings is 1. The van der Waals surface area contributed by atoms with Crippen molar-refractivity contribution in [2.75, 3.05) is 24.4 Å². The van der Waals surface area contributed by atoms with E-state index in [0.717, 1.165) is 16.9 Å². The molecule has 1 heterocycles. The molecule has 3 rings (SSSR count). The van der Waals surface area contributed by atoms with E-state index >= 15 is 0 Å².